The van der Waals surface area contributed by atoms with E-state index in [0.29, 0.717) is 17.8 Å². The molecular weight excluding hydrogens is 244 g/mol. The molecule has 0 saturated carbocycles. The Bertz CT molecular complexity index is 430. The van der Waals surface area contributed by atoms with Crippen LogP contribution < -0.4 is 10.6 Å². The molecule has 1 unspecified atom stereocenters. The number of rotatable bonds is 6. The van der Waals surface area contributed by atoms with Crippen LogP contribution in [0.15, 0.2) is 24.3 Å². The molecule has 5 heteroatoms. The normalized spacial score (nSPS) is 13.9. The van der Waals surface area contributed by atoms with Gasteiger partial charge in [-0.2, -0.15) is 0 Å². The maximum atomic E-state index is 12.6. The molecule has 0 fully saturated rings. The summed E-state index contributed by atoms with van der Waals surface area (Å²) in [5.41, 5.74) is 6.07. The predicted molar refractivity (Wildman–Crippen MR) is 76.0 cm³/mol. The molecule has 1 atom stereocenters. The molecule has 0 aromatic heterocycles. The standard InChI is InChI=1S/C14H22N2O3/c1-4-14(2,19-3)13(18)16(9-10-17)12-8-6-5-7-11(12)15/h5-8,17H,4,9-10,15H2,1-3H3. The maximum Gasteiger partial charge on any atom is 0.259 e. The molecule has 0 heterocycles. The Hall–Kier alpha value is -1.59. The van der Waals surface area contributed by atoms with Crippen LogP contribution >= 0.6 is 0 Å². The zero-order chi connectivity index (χ0) is 14.5. The van der Waals surface area contributed by atoms with Crippen molar-refractivity contribution < 1.29 is 14.6 Å². The highest BCUT2D eigenvalue weighted by atomic mass is 16.5. The summed E-state index contributed by atoms with van der Waals surface area (Å²) in [4.78, 5) is 14.1. The monoisotopic (exact) mass is 266 g/mol. The van der Waals surface area contributed by atoms with Gasteiger partial charge in [0.25, 0.3) is 5.91 Å². The van der Waals surface area contributed by atoms with E-state index < -0.39 is 5.60 Å². The number of benzene rings is 1. The van der Waals surface area contributed by atoms with Gasteiger partial charge in [-0.3, -0.25) is 4.79 Å². The van der Waals surface area contributed by atoms with E-state index in [2.05, 4.69) is 0 Å². The van der Waals surface area contributed by atoms with Gasteiger partial charge in [-0.25, -0.2) is 0 Å². The van der Waals surface area contributed by atoms with Crippen LogP contribution in [0.4, 0.5) is 11.4 Å². The molecule has 1 rings (SSSR count). The summed E-state index contributed by atoms with van der Waals surface area (Å²) in [7, 11) is 1.51. The number of hydrogen-bond donors (Lipinski definition) is 2. The van der Waals surface area contributed by atoms with Crippen LogP contribution in [-0.2, 0) is 9.53 Å². The van der Waals surface area contributed by atoms with Crippen molar-refractivity contribution in [2.24, 2.45) is 0 Å². The number of nitrogens with zero attached hydrogens (tertiary/aromatic N) is 1. The average Bonchev–Trinajstić information content (AvgIpc) is 2.44. The molecule has 0 aliphatic carbocycles. The highest BCUT2D eigenvalue weighted by molar-refractivity contribution is 6.01. The van der Waals surface area contributed by atoms with Crippen molar-refractivity contribution in [1.82, 2.24) is 0 Å². The van der Waals surface area contributed by atoms with Crippen LogP contribution in [0.25, 0.3) is 0 Å². The van der Waals surface area contributed by atoms with Crippen LogP contribution in [-0.4, -0.2) is 36.9 Å². The third-order valence-corrected chi connectivity index (χ3v) is 3.37. The first-order valence-electron chi connectivity index (χ1n) is 6.32. The summed E-state index contributed by atoms with van der Waals surface area (Å²) in [5.74, 6) is -0.204. The van der Waals surface area contributed by atoms with E-state index in [0.717, 1.165) is 0 Å². The zero-order valence-corrected chi connectivity index (χ0v) is 11.7. The fourth-order valence-corrected chi connectivity index (χ4v) is 1.83. The SMILES string of the molecule is CCC(C)(OC)C(=O)N(CCO)c1ccccc1N. The molecule has 0 bridgehead atoms. The van der Waals surface area contributed by atoms with E-state index >= 15 is 0 Å². The van der Waals surface area contributed by atoms with Gasteiger partial charge in [0.2, 0.25) is 0 Å². The number of nitrogen functional groups attached to an aromatic ring is 1. The van der Waals surface area contributed by atoms with Gasteiger partial charge >= 0.3 is 0 Å². The smallest absolute Gasteiger partial charge is 0.259 e. The lowest BCUT2D eigenvalue weighted by Gasteiger charge is -2.33. The van der Waals surface area contributed by atoms with Crippen LogP contribution in [0.3, 0.4) is 0 Å². The van der Waals surface area contributed by atoms with Crippen LogP contribution in [0.5, 0.6) is 0 Å². The molecule has 0 aliphatic rings. The van der Waals surface area contributed by atoms with Crippen molar-refractivity contribution in [2.45, 2.75) is 25.9 Å². The number of aliphatic hydroxyl groups excluding tert-OH is 1. The molecule has 1 amide bonds. The highest BCUT2D eigenvalue weighted by Gasteiger charge is 2.36. The first kappa shape index (κ1) is 15.5. The van der Waals surface area contributed by atoms with E-state index in [9.17, 15) is 9.90 Å². The summed E-state index contributed by atoms with van der Waals surface area (Å²) in [6.07, 6.45) is 0.539. The molecule has 0 spiro atoms. The van der Waals surface area contributed by atoms with Gasteiger partial charge in [0.05, 0.1) is 18.0 Å². The van der Waals surface area contributed by atoms with Gasteiger partial charge in [0.15, 0.2) is 0 Å². The molecule has 1 aromatic carbocycles. The van der Waals surface area contributed by atoms with Crippen LogP contribution in [0.1, 0.15) is 20.3 Å². The van der Waals surface area contributed by atoms with Gasteiger partial charge in [0.1, 0.15) is 5.60 Å². The molecule has 5 nitrogen and oxygen atoms in total. The molecule has 0 saturated heterocycles. The summed E-state index contributed by atoms with van der Waals surface area (Å²) in [6, 6.07) is 7.09. The highest BCUT2D eigenvalue weighted by Crippen LogP contribution is 2.27. The molecule has 3 N–H and O–H groups in total. The van der Waals surface area contributed by atoms with Crippen molar-refractivity contribution >= 4 is 17.3 Å². The minimum absolute atomic E-state index is 0.135. The first-order valence-corrected chi connectivity index (χ1v) is 6.32. The van der Waals surface area contributed by atoms with Gasteiger partial charge in [-0.1, -0.05) is 19.1 Å². The quantitative estimate of drug-likeness (QED) is 0.763. The topological polar surface area (TPSA) is 75.8 Å². The Morgan fingerprint density at radius 3 is 2.58 bits per heavy atom. The summed E-state index contributed by atoms with van der Waals surface area (Å²) in [6.45, 7) is 3.67. The van der Waals surface area contributed by atoms with Crippen molar-refractivity contribution in [3.8, 4) is 0 Å². The largest absolute Gasteiger partial charge is 0.397 e. The van der Waals surface area contributed by atoms with Crippen molar-refractivity contribution in [1.29, 1.82) is 0 Å². The molecule has 0 radical (unpaired) electrons. The Morgan fingerprint density at radius 2 is 2.11 bits per heavy atom. The maximum absolute atomic E-state index is 12.6. The molecule has 106 valence electrons. The molecule has 19 heavy (non-hydrogen) atoms. The Morgan fingerprint density at radius 1 is 1.47 bits per heavy atom. The second kappa shape index (κ2) is 6.54. The van der Waals surface area contributed by atoms with E-state index in [4.69, 9.17) is 10.5 Å². The van der Waals surface area contributed by atoms with Crippen LogP contribution in [0.2, 0.25) is 0 Å². The summed E-state index contributed by atoms with van der Waals surface area (Å²) >= 11 is 0. The molecule has 1 aromatic rings. The van der Waals surface area contributed by atoms with Crippen molar-refractivity contribution in [3.63, 3.8) is 0 Å². The third kappa shape index (κ3) is 3.24. The fraction of sp³-hybridized carbons (Fsp3) is 0.500. The Balaban J connectivity index is 3.15. The predicted octanol–water partition coefficient (Wildman–Crippen LogP) is 1.41. The number of para-hydroxylation sites is 2. The number of carbonyl (C=O) groups excluding carboxylic acids is 1. The summed E-state index contributed by atoms with van der Waals surface area (Å²) < 4.78 is 5.32. The number of amides is 1. The number of methoxy groups -OCH3 is 1. The average molecular weight is 266 g/mol. The van der Waals surface area contributed by atoms with E-state index in [1.165, 1.54) is 12.0 Å². The second-order valence-corrected chi connectivity index (χ2v) is 4.53. The Labute approximate surface area is 114 Å². The lowest BCUT2D eigenvalue weighted by molar-refractivity contribution is -0.139. The van der Waals surface area contributed by atoms with Crippen molar-refractivity contribution in [3.05, 3.63) is 24.3 Å². The zero-order valence-electron chi connectivity index (χ0n) is 11.7. The lowest BCUT2D eigenvalue weighted by Crippen LogP contribution is -2.49. The number of hydrogen-bond acceptors (Lipinski definition) is 4. The van der Waals surface area contributed by atoms with E-state index in [1.54, 1.807) is 31.2 Å². The Kier molecular flexibility index (Phi) is 5.32. The van der Waals surface area contributed by atoms with Gasteiger partial charge in [-0.15, -0.1) is 0 Å². The number of ether oxygens (including phenoxy) is 1. The van der Waals surface area contributed by atoms with Gasteiger partial charge in [-0.05, 0) is 25.5 Å². The van der Waals surface area contributed by atoms with Crippen molar-refractivity contribution in [2.75, 3.05) is 30.9 Å². The second-order valence-electron chi connectivity index (χ2n) is 4.53. The molecule has 0 aliphatic heterocycles. The third-order valence-electron chi connectivity index (χ3n) is 3.37. The fourth-order valence-electron chi connectivity index (χ4n) is 1.83. The number of aliphatic hydroxyl groups is 1. The minimum atomic E-state index is -0.919. The van der Waals surface area contributed by atoms with E-state index in [-0.39, 0.29) is 19.1 Å². The van der Waals surface area contributed by atoms with Gasteiger partial charge in [0, 0.05) is 13.7 Å². The first-order chi connectivity index (χ1) is 9.00. The molecular formula is C14H22N2O3. The number of nitrogens with two attached hydrogens (primary N) is 1. The lowest BCUT2D eigenvalue weighted by atomic mass is 10.0. The van der Waals surface area contributed by atoms with Crippen LogP contribution in [0, 0.1) is 0 Å². The van der Waals surface area contributed by atoms with Gasteiger partial charge < -0.3 is 20.5 Å². The summed E-state index contributed by atoms with van der Waals surface area (Å²) in [5, 5.41) is 9.17. The number of carbonyl (C=O) groups is 1. The van der Waals surface area contributed by atoms with E-state index in [1.807, 2.05) is 6.92 Å². The number of anilines is 2. The minimum Gasteiger partial charge on any atom is -0.397 e.